The van der Waals surface area contributed by atoms with Crippen LogP contribution < -0.4 is 5.32 Å². The van der Waals surface area contributed by atoms with E-state index in [1.807, 2.05) is 19.2 Å². The molecular formula is C15H20Cl2N2O. The SMILES string of the molecule is CCC1(C(=O)N(C)Cc2cc(Cl)cc(Cl)c2)CCNC1. The van der Waals surface area contributed by atoms with E-state index in [0.717, 1.165) is 31.5 Å². The van der Waals surface area contributed by atoms with Crippen LogP contribution in [-0.4, -0.2) is 30.9 Å². The molecule has 1 aliphatic rings. The fourth-order valence-corrected chi connectivity index (χ4v) is 3.40. The second kappa shape index (κ2) is 6.33. The van der Waals surface area contributed by atoms with Gasteiger partial charge in [0.05, 0.1) is 5.41 Å². The van der Waals surface area contributed by atoms with Crippen LogP contribution in [0.2, 0.25) is 10.0 Å². The first kappa shape index (κ1) is 15.6. The first-order valence-electron chi connectivity index (χ1n) is 6.88. The van der Waals surface area contributed by atoms with E-state index in [0.29, 0.717) is 16.6 Å². The summed E-state index contributed by atoms with van der Waals surface area (Å²) in [6.07, 6.45) is 1.77. The number of hydrogen-bond acceptors (Lipinski definition) is 2. The van der Waals surface area contributed by atoms with Crippen molar-refractivity contribution in [2.24, 2.45) is 5.41 Å². The zero-order valence-corrected chi connectivity index (χ0v) is 13.4. The number of carbonyl (C=O) groups excluding carboxylic acids is 1. The van der Waals surface area contributed by atoms with Crippen molar-refractivity contribution in [2.75, 3.05) is 20.1 Å². The Morgan fingerprint density at radius 2 is 2.00 bits per heavy atom. The standard InChI is InChI=1S/C15H20Cl2N2O/c1-3-15(4-5-18-10-15)14(20)19(2)9-11-6-12(16)8-13(17)7-11/h6-8,18H,3-5,9-10H2,1-2H3. The number of nitrogens with one attached hydrogen (secondary N) is 1. The third-order valence-corrected chi connectivity index (χ3v) is 4.50. The van der Waals surface area contributed by atoms with Gasteiger partial charge in [-0.1, -0.05) is 30.1 Å². The molecule has 1 amide bonds. The maximum absolute atomic E-state index is 12.7. The number of rotatable bonds is 4. The van der Waals surface area contributed by atoms with Gasteiger partial charge in [0.25, 0.3) is 0 Å². The van der Waals surface area contributed by atoms with E-state index in [-0.39, 0.29) is 11.3 Å². The van der Waals surface area contributed by atoms with E-state index < -0.39 is 0 Å². The Kier molecular flexibility index (Phi) is 4.95. The highest BCUT2D eigenvalue weighted by Gasteiger charge is 2.41. The lowest BCUT2D eigenvalue weighted by Crippen LogP contribution is -2.42. The number of hydrogen-bond donors (Lipinski definition) is 1. The van der Waals surface area contributed by atoms with E-state index in [1.54, 1.807) is 11.0 Å². The van der Waals surface area contributed by atoms with Crippen LogP contribution in [0, 0.1) is 5.41 Å². The van der Waals surface area contributed by atoms with E-state index in [1.165, 1.54) is 0 Å². The van der Waals surface area contributed by atoms with Crippen LogP contribution in [0.25, 0.3) is 0 Å². The molecule has 1 saturated heterocycles. The molecule has 1 N–H and O–H groups in total. The first-order valence-corrected chi connectivity index (χ1v) is 7.64. The average Bonchev–Trinajstić information content (AvgIpc) is 2.86. The van der Waals surface area contributed by atoms with Gasteiger partial charge in [0.15, 0.2) is 0 Å². The minimum absolute atomic E-state index is 0.195. The van der Waals surface area contributed by atoms with Gasteiger partial charge in [-0.25, -0.2) is 0 Å². The molecule has 1 aromatic carbocycles. The maximum Gasteiger partial charge on any atom is 0.230 e. The monoisotopic (exact) mass is 314 g/mol. The third-order valence-electron chi connectivity index (χ3n) is 4.06. The lowest BCUT2D eigenvalue weighted by molar-refractivity contribution is -0.140. The van der Waals surface area contributed by atoms with Crippen molar-refractivity contribution in [3.05, 3.63) is 33.8 Å². The lowest BCUT2D eigenvalue weighted by Gasteiger charge is -2.31. The maximum atomic E-state index is 12.7. The molecule has 1 heterocycles. The summed E-state index contributed by atoms with van der Waals surface area (Å²) < 4.78 is 0. The van der Waals surface area contributed by atoms with E-state index in [4.69, 9.17) is 23.2 Å². The van der Waals surface area contributed by atoms with Gasteiger partial charge in [-0.05, 0) is 43.1 Å². The van der Waals surface area contributed by atoms with Crippen LogP contribution in [0.3, 0.4) is 0 Å². The van der Waals surface area contributed by atoms with Crippen molar-refractivity contribution >= 4 is 29.1 Å². The van der Waals surface area contributed by atoms with Gasteiger partial charge in [0.1, 0.15) is 0 Å². The quantitative estimate of drug-likeness (QED) is 0.924. The molecule has 0 spiro atoms. The Labute approximate surface area is 130 Å². The van der Waals surface area contributed by atoms with Gasteiger partial charge in [0, 0.05) is 30.2 Å². The molecule has 0 bridgehead atoms. The Morgan fingerprint density at radius 1 is 1.35 bits per heavy atom. The summed E-state index contributed by atoms with van der Waals surface area (Å²) >= 11 is 12.0. The van der Waals surface area contributed by atoms with Crippen LogP contribution in [0.15, 0.2) is 18.2 Å². The van der Waals surface area contributed by atoms with Crippen molar-refractivity contribution < 1.29 is 4.79 Å². The average molecular weight is 315 g/mol. The zero-order chi connectivity index (χ0) is 14.8. The van der Waals surface area contributed by atoms with Gasteiger partial charge in [0.2, 0.25) is 5.91 Å². The second-order valence-corrected chi connectivity index (χ2v) is 6.37. The molecule has 2 rings (SSSR count). The fourth-order valence-electron chi connectivity index (χ4n) is 2.83. The van der Waals surface area contributed by atoms with Crippen LogP contribution >= 0.6 is 23.2 Å². The van der Waals surface area contributed by atoms with Crippen molar-refractivity contribution in [3.8, 4) is 0 Å². The number of nitrogens with zero attached hydrogens (tertiary/aromatic N) is 1. The van der Waals surface area contributed by atoms with Gasteiger partial charge < -0.3 is 10.2 Å². The van der Waals surface area contributed by atoms with Crippen LogP contribution in [-0.2, 0) is 11.3 Å². The third kappa shape index (κ3) is 3.27. The number of carbonyl (C=O) groups is 1. The zero-order valence-electron chi connectivity index (χ0n) is 11.9. The number of halogens is 2. The fraction of sp³-hybridized carbons (Fsp3) is 0.533. The topological polar surface area (TPSA) is 32.3 Å². The molecule has 0 aromatic heterocycles. The smallest absolute Gasteiger partial charge is 0.230 e. The molecule has 1 unspecified atom stereocenters. The van der Waals surface area contributed by atoms with Crippen molar-refractivity contribution in [1.29, 1.82) is 0 Å². The molecule has 110 valence electrons. The lowest BCUT2D eigenvalue weighted by atomic mass is 9.83. The Bertz CT molecular complexity index is 478. The second-order valence-electron chi connectivity index (χ2n) is 5.50. The molecule has 1 aromatic rings. The van der Waals surface area contributed by atoms with Gasteiger partial charge in [-0.2, -0.15) is 0 Å². The van der Waals surface area contributed by atoms with Crippen LogP contribution in [0.5, 0.6) is 0 Å². The van der Waals surface area contributed by atoms with E-state index in [2.05, 4.69) is 12.2 Å². The molecule has 1 aliphatic heterocycles. The normalized spacial score (nSPS) is 22.0. The van der Waals surface area contributed by atoms with Crippen molar-refractivity contribution in [2.45, 2.75) is 26.3 Å². The minimum Gasteiger partial charge on any atom is -0.341 e. The molecular weight excluding hydrogens is 295 g/mol. The predicted molar refractivity (Wildman–Crippen MR) is 83.1 cm³/mol. The highest BCUT2D eigenvalue weighted by atomic mass is 35.5. The summed E-state index contributed by atoms with van der Waals surface area (Å²) in [6, 6.07) is 5.40. The van der Waals surface area contributed by atoms with Crippen LogP contribution in [0.4, 0.5) is 0 Å². The molecule has 5 heteroatoms. The summed E-state index contributed by atoms with van der Waals surface area (Å²) in [5.41, 5.74) is 0.701. The van der Waals surface area contributed by atoms with Crippen molar-refractivity contribution in [1.82, 2.24) is 10.2 Å². The predicted octanol–water partition coefficient (Wildman–Crippen LogP) is 3.34. The highest BCUT2D eigenvalue weighted by Crippen LogP contribution is 2.32. The molecule has 20 heavy (non-hydrogen) atoms. The minimum atomic E-state index is -0.253. The number of amides is 1. The van der Waals surface area contributed by atoms with E-state index in [9.17, 15) is 4.79 Å². The van der Waals surface area contributed by atoms with Gasteiger partial charge in [-0.3, -0.25) is 4.79 Å². The number of benzene rings is 1. The Morgan fingerprint density at radius 3 is 2.50 bits per heavy atom. The Hall–Kier alpha value is -0.770. The molecule has 1 fully saturated rings. The summed E-state index contributed by atoms with van der Waals surface area (Å²) in [4.78, 5) is 14.5. The van der Waals surface area contributed by atoms with Crippen LogP contribution in [0.1, 0.15) is 25.3 Å². The van der Waals surface area contributed by atoms with E-state index >= 15 is 0 Å². The first-order chi connectivity index (χ1) is 9.47. The largest absolute Gasteiger partial charge is 0.341 e. The molecule has 0 saturated carbocycles. The molecule has 0 radical (unpaired) electrons. The summed E-state index contributed by atoms with van der Waals surface area (Å²) in [7, 11) is 1.84. The van der Waals surface area contributed by atoms with Crippen molar-refractivity contribution in [3.63, 3.8) is 0 Å². The summed E-state index contributed by atoms with van der Waals surface area (Å²) in [5, 5.41) is 4.49. The summed E-state index contributed by atoms with van der Waals surface area (Å²) in [6.45, 7) is 4.29. The van der Waals surface area contributed by atoms with Gasteiger partial charge in [-0.15, -0.1) is 0 Å². The molecule has 0 aliphatic carbocycles. The molecule has 3 nitrogen and oxygen atoms in total. The molecule has 1 atom stereocenters. The summed E-state index contributed by atoms with van der Waals surface area (Å²) in [5.74, 6) is 0.195. The highest BCUT2D eigenvalue weighted by molar-refractivity contribution is 6.34. The Balaban J connectivity index is 2.11. The van der Waals surface area contributed by atoms with Gasteiger partial charge >= 0.3 is 0 Å².